The molecule has 116 valence electrons. The van der Waals surface area contributed by atoms with Crippen LogP contribution in [-0.2, 0) is 0 Å². The van der Waals surface area contributed by atoms with Crippen LogP contribution in [0.3, 0.4) is 0 Å². The molecule has 1 aromatic carbocycles. The van der Waals surface area contributed by atoms with Crippen LogP contribution in [0.25, 0.3) is 0 Å². The Hall–Kier alpha value is -1.47. The number of nitrogen functional groups attached to an aromatic ring is 1. The molecule has 0 atom stereocenters. The number of nitrogens with one attached hydrogen (secondary N) is 1. The first-order valence-corrected chi connectivity index (χ1v) is 6.82. The number of piperazine rings is 1. The van der Waals surface area contributed by atoms with E-state index in [1.165, 1.54) is 4.90 Å². The molecule has 0 saturated carbocycles. The number of nitrogens with two attached hydrogens (primary N) is 1. The van der Waals surface area contributed by atoms with Crippen LogP contribution < -0.4 is 10.6 Å². The highest BCUT2D eigenvalue weighted by Gasteiger charge is 2.32. The molecule has 1 aromatic rings. The van der Waals surface area contributed by atoms with E-state index in [2.05, 4.69) is 0 Å². The summed E-state index contributed by atoms with van der Waals surface area (Å²) in [5, 5.41) is 7.74. The second-order valence-corrected chi connectivity index (χ2v) is 5.36. The van der Waals surface area contributed by atoms with Crippen molar-refractivity contribution in [2.24, 2.45) is 5.73 Å². The lowest BCUT2D eigenvalue weighted by molar-refractivity contribution is -0.146. The van der Waals surface area contributed by atoms with Gasteiger partial charge in [0.05, 0.1) is 11.6 Å². The fourth-order valence-electron chi connectivity index (χ4n) is 2.34. The Morgan fingerprint density at radius 1 is 1.24 bits per heavy atom. The van der Waals surface area contributed by atoms with Crippen molar-refractivity contribution in [3.05, 3.63) is 28.8 Å². The van der Waals surface area contributed by atoms with Crippen molar-refractivity contribution >= 4 is 23.1 Å². The van der Waals surface area contributed by atoms with E-state index in [1.54, 1.807) is 18.2 Å². The Kier molecular flexibility index (Phi) is 4.63. The lowest BCUT2D eigenvalue weighted by atomic mass is 10.1. The van der Waals surface area contributed by atoms with Gasteiger partial charge in [0.25, 0.3) is 0 Å². The summed E-state index contributed by atoms with van der Waals surface area (Å²) in [6.45, 7) is 0.847. The Morgan fingerprint density at radius 2 is 1.86 bits per heavy atom. The van der Waals surface area contributed by atoms with Crippen LogP contribution in [0.5, 0.6) is 0 Å². The number of hydrogen-bond donors (Lipinski definition) is 2. The Balaban J connectivity index is 1.99. The van der Waals surface area contributed by atoms with Gasteiger partial charge in [-0.1, -0.05) is 11.6 Å². The molecule has 1 aliphatic heterocycles. The Bertz CT molecular complexity index is 525. The van der Waals surface area contributed by atoms with Crippen molar-refractivity contribution in [2.45, 2.75) is 6.18 Å². The minimum Gasteiger partial charge on any atom is -0.384 e. The van der Waals surface area contributed by atoms with Gasteiger partial charge in [-0.25, -0.2) is 0 Å². The van der Waals surface area contributed by atoms with Gasteiger partial charge in [-0.2, -0.15) is 13.2 Å². The maximum Gasteiger partial charge on any atom is 0.401 e. The van der Waals surface area contributed by atoms with Crippen molar-refractivity contribution in [3.63, 3.8) is 0 Å². The number of anilines is 1. The molecule has 0 aromatic heterocycles. The third kappa shape index (κ3) is 4.25. The van der Waals surface area contributed by atoms with Crippen molar-refractivity contribution in [3.8, 4) is 0 Å². The summed E-state index contributed by atoms with van der Waals surface area (Å²) in [5.74, 6) is -0.110. The van der Waals surface area contributed by atoms with Gasteiger partial charge in [0.1, 0.15) is 5.84 Å². The number of halogens is 4. The van der Waals surface area contributed by atoms with E-state index in [-0.39, 0.29) is 5.84 Å². The largest absolute Gasteiger partial charge is 0.401 e. The second-order valence-electron chi connectivity index (χ2n) is 4.96. The molecule has 1 saturated heterocycles. The molecule has 0 spiro atoms. The van der Waals surface area contributed by atoms with Crippen LogP contribution in [0.2, 0.25) is 5.02 Å². The first-order valence-electron chi connectivity index (χ1n) is 6.44. The zero-order chi connectivity index (χ0) is 15.6. The SMILES string of the molecule is N=C(N)c1ccc(N2CCN(CC(F)(F)F)CC2)cc1Cl. The van der Waals surface area contributed by atoms with E-state index < -0.39 is 12.7 Å². The maximum atomic E-state index is 12.3. The predicted octanol–water partition coefficient (Wildman–Crippen LogP) is 2.31. The molecule has 1 aliphatic rings. The minimum atomic E-state index is -4.16. The van der Waals surface area contributed by atoms with Crippen LogP contribution in [0.4, 0.5) is 18.9 Å². The van der Waals surface area contributed by atoms with E-state index in [0.717, 1.165) is 5.69 Å². The average Bonchev–Trinajstić information content (AvgIpc) is 2.37. The van der Waals surface area contributed by atoms with Crippen molar-refractivity contribution in [1.82, 2.24) is 4.90 Å². The van der Waals surface area contributed by atoms with Crippen LogP contribution in [0.15, 0.2) is 18.2 Å². The van der Waals surface area contributed by atoms with Crippen molar-refractivity contribution < 1.29 is 13.2 Å². The zero-order valence-corrected chi connectivity index (χ0v) is 12.0. The van der Waals surface area contributed by atoms with Crippen LogP contribution in [0.1, 0.15) is 5.56 Å². The van der Waals surface area contributed by atoms with Crippen molar-refractivity contribution in [2.75, 3.05) is 37.6 Å². The highest BCUT2D eigenvalue weighted by atomic mass is 35.5. The summed E-state index contributed by atoms with van der Waals surface area (Å²) in [7, 11) is 0. The monoisotopic (exact) mass is 320 g/mol. The predicted molar refractivity (Wildman–Crippen MR) is 77.2 cm³/mol. The van der Waals surface area contributed by atoms with E-state index in [9.17, 15) is 13.2 Å². The molecule has 0 aliphatic carbocycles. The van der Waals surface area contributed by atoms with E-state index >= 15 is 0 Å². The molecule has 3 N–H and O–H groups in total. The van der Waals surface area contributed by atoms with Gasteiger partial charge in [0.15, 0.2) is 0 Å². The number of amidine groups is 1. The van der Waals surface area contributed by atoms with Gasteiger partial charge in [-0.05, 0) is 18.2 Å². The minimum absolute atomic E-state index is 0.110. The summed E-state index contributed by atoms with van der Waals surface area (Å²) in [6, 6.07) is 5.13. The lowest BCUT2D eigenvalue weighted by Crippen LogP contribution is -2.49. The molecule has 1 fully saturated rings. The summed E-state index contributed by atoms with van der Waals surface area (Å²) < 4.78 is 37.0. The third-order valence-electron chi connectivity index (χ3n) is 3.38. The Labute approximate surface area is 125 Å². The highest BCUT2D eigenvalue weighted by Crippen LogP contribution is 2.25. The molecular weight excluding hydrogens is 305 g/mol. The number of alkyl halides is 3. The Morgan fingerprint density at radius 3 is 2.33 bits per heavy atom. The molecule has 1 heterocycles. The molecule has 4 nitrogen and oxygen atoms in total. The molecule has 2 rings (SSSR count). The quantitative estimate of drug-likeness (QED) is 0.664. The van der Waals surface area contributed by atoms with Crippen LogP contribution >= 0.6 is 11.6 Å². The summed E-state index contributed by atoms with van der Waals surface area (Å²) >= 11 is 6.05. The number of benzene rings is 1. The lowest BCUT2D eigenvalue weighted by Gasteiger charge is -2.36. The van der Waals surface area contributed by atoms with E-state index in [0.29, 0.717) is 36.8 Å². The first-order chi connectivity index (χ1) is 9.76. The van der Waals surface area contributed by atoms with Gasteiger partial charge in [0, 0.05) is 37.4 Å². The smallest absolute Gasteiger partial charge is 0.384 e. The van der Waals surface area contributed by atoms with Crippen LogP contribution in [0, 0.1) is 5.41 Å². The molecule has 0 bridgehead atoms. The molecule has 21 heavy (non-hydrogen) atoms. The molecule has 0 unspecified atom stereocenters. The highest BCUT2D eigenvalue weighted by molar-refractivity contribution is 6.34. The number of hydrogen-bond acceptors (Lipinski definition) is 3. The summed E-state index contributed by atoms with van der Waals surface area (Å²) in [5.41, 5.74) is 6.68. The number of nitrogens with zero attached hydrogens (tertiary/aromatic N) is 2. The standard InChI is InChI=1S/C13H16ClF3N4/c14-11-7-9(1-2-10(11)12(18)19)21-5-3-20(4-6-21)8-13(15,16)17/h1-2,7H,3-6,8H2,(H3,18,19). The van der Waals surface area contributed by atoms with E-state index in [1.807, 2.05) is 4.90 Å². The summed E-state index contributed by atoms with van der Waals surface area (Å²) in [6.07, 6.45) is -4.16. The van der Waals surface area contributed by atoms with Gasteiger partial charge in [0.2, 0.25) is 0 Å². The number of rotatable bonds is 3. The fourth-order valence-corrected chi connectivity index (χ4v) is 2.61. The van der Waals surface area contributed by atoms with E-state index in [4.69, 9.17) is 22.7 Å². The fraction of sp³-hybridized carbons (Fsp3) is 0.462. The average molecular weight is 321 g/mol. The normalized spacial score (nSPS) is 17.0. The maximum absolute atomic E-state index is 12.3. The van der Waals surface area contributed by atoms with Gasteiger partial charge in [-0.3, -0.25) is 10.3 Å². The van der Waals surface area contributed by atoms with Gasteiger partial charge in [-0.15, -0.1) is 0 Å². The van der Waals surface area contributed by atoms with Gasteiger partial charge < -0.3 is 10.6 Å². The summed E-state index contributed by atoms with van der Waals surface area (Å²) in [4.78, 5) is 3.37. The molecule has 0 amide bonds. The second kappa shape index (κ2) is 6.11. The molecule has 0 radical (unpaired) electrons. The molecule has 8 heteroatoms. The topological polar surface area (TPSA) is 56.4 Å². The van der Waals surface area contributed by atoms with Crippen molar-refractivity contribution in [1.29, 1.82) is 5.41 Å². The zero-order valence-electron chi connectivity index (χ0n) is 11.3. The van der Waals surface area contributed by atoms with Crippen LogP contribution in [-0.4, -0.2) is 49.6 Å². The third-order valence-corrected chi connectivity index (χ3v) is 3.70. The molecular formula is C13H16ClF3N4. The first kappa shape index (κ1) is 15.9. The van der Waals surface area contributed by atoms with Gasteiger partial charge >= 0.3 is 6.18 Å².